The number of hydrogen-bond acceptors (Lipinski definition) is 4. The Morgan fingerprint density at radius 3 is 2.10 bits per heavy atom. The summed E-state index contributed by atoms with van der Waals surface area (Å²) < 4.78 is 5.62. The van der Waals surface area contributed by atoms with Gasteiger partial charge in [0.1, 0.15) is 12.6 Å². The van der Waals surface area contributed by atoms with E-state index in [2.05, 4.69) is 29.6 Å². The molecule has 0 spiro atoms. The molecule has 4 rings (SSSR count). The van der Waals surface area contributed by atoms with Crippen LogP contribution in [0.25, 0.3) is 11.1 Å². The van der Waals surface area contributed by atoms with Crippen molar-refractivity contribution in [3.05, 3.63) is 95.6 Å². The topological polar surface area (TPSA) is 55.4 Å². The van der Waals surface area contributed by atoms with Crippen LogP contribution < -0.4 is 5.32 Å². The summed E-state index contributed by atoms with van der Waals surface area (Å²) in [5.41, 5.74) is 5.69. The normalized spacial score (nSPS) is 13.2. The van der Waals surface area contributed by atoms with E-state index in [-0.39, 0.29) is 17.6 Å². The Morgan fingerprint density at radius 2 is 1.48 bits per heavy atom. The van der Waals surface area contributed by atoms with Crippen LogP contribution in [0.15, 0.2) is 78.9 Å². The summed E-state index contributed by atoms with van der Waals surface area (Å²) in [7, 11) is 0. The van der Waals surface area contributed by atoms with Crippen LogP contribution in [0, 0.1) is 0 Å². The van der Waals surface area contributed by atoms with Crippen LogP contribution in [0.4, 0.5) is 4.79 Å². The number of alkyl carbamates (subject to hydrolysis) is 1. The van der Waals surface area contributed by atoms with Crippen LogP contribution in [-0.2, 0) is 16.0 Å². The lowest BCUT2D eigenvalue weighted by molar-refractivity contribution is -0.112. The van der Waals surface area contributed by atoms with Gasteiger partial charge in [0.25, 0.3) is 0 Å². The number of hydrogen-bond donors (Lipinski definition) is 1. The number of rotatable bonds is 7. The first-order valence-electron chi connectivity index (χ1n) is 10.5. The van der Waals surface area contributed by atoms with Crippen molar-refractivity contribution in [1.29, 1.82) is 0 Å². The summed E-state index contributed by atoms with van der Waals surface area (Å²) in [5.74, 6) is 0.655. The average molecular weight is 432 g/mol. The van der Waals surface area contributed by atoms with Crippen molar-refractivity contribution in [1.82, 2.24) is 5.32 Å². The van der Waals surface area contributed by atoms with Gasteiger partial charge in [0.2, 0.25) is 5.12 Å². The van der Waals surface area contributed by atoms with Gasteiger partial charge in [-0.05, 0) is 33.6 Å². The molecule has 0 aromatic heterocycles. The maximum absolute atomic E-state index is 12.6. The van der Waals surface area contributed by atoms with Gasteiger partial charge in [-0.25, -0.2) is 4.79 Å². The molecular weight excluding hydrogens is 406 g/mol. The molecule has 4 nitrogen and oxygen atoms in total. The van der Waals surface area contributed by atoms with Crippen LogP contribution in [0.3, 0.4) is 0 Å². The summed E-state index contributed by atoms with van der Waals surface area (Å²) in [6.07, 6.45) is -0.121. The molecule has 1 aliphatic carbocycles. The molecule has 3 aromatic carbocycles. The second-order valence-electron chi connectivity index (χ2n) is 7.46. The second kappa shape index (κ2) is 9.84. The van der Waals surface area contributed by atoms with E-state index in [4.69, 9.17) is 4.74 Å². The van der Waals surface area contributed by atoms with E-state index in [1.165, 1.54) is 22.9 Å². The molecule has 3 aromatic rings. The number of fused-ring (bicyclic) bond motifs is 3. The number of ether oxygens (including phenoxy) is 1. The highest BCUT2D eigenvalue weighted by Gasteiger charge is 2.29. The predicted octanol–water partition coefficient (Wildman–Crippen LogP) is 5.42. The minimum atomic E-state index is -0.622. The van der Waals surface area contributed by atoms with E-state index in [0.717, 1.165) is 16.7 Å². The van der Waals surface area contributed by atoms with Gasteiger partial charge in [0, 0.05) is 12.3 Å². The van der Waals surface area contributed by atoms with Crippen molar-refractivity contribution < 1.29 is 14.3 Å². The van der Waals surface area contributed by atoms with Crippen LogP contribution in [-0.4, -0.2) is 29.6 Å². The fourth-order valence-corrected chi connectivity index (χ4v) is 4.70. The van der Waals surface area contributed by atoms with Gasteiger partial charge >= 0.3 is 6.09 Å². The Hall–Kier alpha value is -3.05. The van der Waals surface area contributed by atoms with Gasteiger partial charge in [-0.2, -0.15) is 0 Å². The lowest BCUT2D eigenvalue weighted by Gasteiger charge is -2.19. The highest BCUT2D eigenvalue weighted by Crippen LogP contribution is 2.44. The maximum Gasteiger partial charge on any atom is 0.407 e. The molecule has 0 fully saturated rings. The van der Waals surface area contributed by atoms with E-state index in [1.807, 2.05) is 61.5 Å². The molecule has 0 heterocycles. The zero-order chi connectivity index (χ0) is 21.6. The summed E-state index contributed by atoms with van der Waals surface area (Å²) in [6, 6.07) is 25.5. The molecule has 1 N–H and O–H groups in total. The van der Waals surface area contributed by atoms with Gasteiger partial charge in [0.05, 0.1) is 0 Å². The number of nitrogens with one attached hydrogen (secondary N) is 1. The molecule has 0 saturated heterocycles. The molecule has 0 unspecified atom stereocenters. The Kier molecular flexibility index (Phi) is 6.73. The van der Waals surface area contributed by atoms with E-state index in [9.17, 15) is 9.59 Å². The summed E-state index contributed by atoms with van der Waals surface area (Å²) >= 11 is 1.22. The number of thioether (sulfide) groups is 1. The summed E-state index contributed by atoms with van der Waals surface area (Å²) in [6.45, 7) is 2.16. The van der Waals surface area contributed by atoms with Crippen LogP contribution >= 0.6 is 11.8 Å². The molecule has 0 aliphatic heterocycles. The fraction of sp³-hybridized carbons (Fsp3) is 0.231. The lowest BCUT2D eigenvalue weighted by Crippen LogP contribution is -2.42. The largest absolute Gasteiger partial charge is 0.449 e. The lowest BCUT2D eigenvalue weighted by atomic mass is 9.98. The standard InChI is InChI=1S/C26H25NO3S/c1-2-31-25(28)24(16-18-10-4-3-5-11-18)27-26(29)30-17-23-21-14-8-6-12-19(21)20-13-7-9-15-22(20)23/h3-15,23-24H,2,16-17H2,1H3,(H,27,29)/t24-/m0/s1. The highest BCUT2D eigenvalue weighted by atomic mass is 32.2. The Labute approximate surface area is 187 Å². The van der Waals surface area contributed by atoms with E-state index in [1.54, 1.807) is 0 Å². The Morgan fingerprint density at radius 1 is 0.903 bits per heavy atom. The SMILES string of the molecule is CCSC(=O)[C@H](Cc1ccccc1)NC(=O)OCC1c2ccccc2-c2ccccc21. The third-order valence-electron chi connectivity index (χ3n) is 5.49. The van der Waals surface area contributed by atoms with Crippen molar-refractivity contribution in [3.8, 4) is 11.1 Å². The predicted molar refractivity (Wildman–Crippen MR) is 125 cm³/mol. The molecule has 158 valence electrons. The van der Waals surface area contributed by atoms with Crippen molar-refractivity contribution in [2.45, 2.75) is 25.3 Å². The monoisotopic (exact) mass is 431 g/mol. The van der Waals surface area contributed by atoms with Crippen LogP contribution in [0.2, 0.25) is 0 Å². The number of carbonyl (C=O) groups excluding carboxylic acids is 2. The van der Waals surface area contributed by atoms with Crippen molar-refractivity contribution in [2.75, 3.05) is 12.4 Å². The zero-order valence-corrected chi connectivity index (χ0v) is 18.2. The Balaban J connectivity index is 1.44. The summed E-state index contributed by atoms with van der Waals surface area (Å²) in [5, 5.41) is 2.73. The third-order valence-corrected chi connectivity index (χ3v) is 6.35. The van der Waals surface area contributed by atoms with Gasteiger partial charge in [-0.3, -0.25) is 4.79 Å². The van der Waals surface area contributed by atoms with Crippen LogP contribution in [0.1, 0.15) is 29.5 Å². The minimum absolute atomic E-state index is 0.00792. The minimum Gasteiger partial charge on any atom is -0.449 e. The van der Waals surface area contributed by atoms with Gasteiger partial charge in [-0.15, -0.1) is 0 Å². The molecule has 0 radical (unpaired) electrons. The molecule has 1 aliphatic rings. The summed E-state index contributed by atoms with van der Waals surface area (Å²) in [4.78, 5) is 25.2. The van der Waals surface area contributed by atoms with Crippen molar-refractivity contribution in [2.24, 2.45) is 0 Å². The molecule has 5 heteroatoms. The number of carbonyl (C=O) groups is 2. The van der Waals surface area contributed by atoms with Crippen molar-refractivity contribution in [3.63, 3.8) is 0 Å². The first-order valence-corrected chi connectivity index (χ1v) is 11.5. The molecular formula is C26H25NO3S. The van der Waals surface area contributed by atoms with Crippen molar-refractivity contribution >= 4 is 23.0 Å². The molecule has 1 amide bonds. The van der Waals surface area contributed by atoms with Gasteiger partial charge in [-0.1, -0.05) is 97.5 Å². The smallest absolute Gasteiger partial charge is 0.407 e. The molecule has 1 atom stereocenters. The fourth-order valence-electron chi connectivity index (χ4n) is 4.07. The first kappa shape index (κ1) is 21.2. The van der Waals surface area contributed by atoms with Crippen LogP contribution in [0.5, 0.6) is 0 Å². The average Bonchev–Trinajstić information content (AvgIpc) is 3.12. The molecule has 31 heavy (non-hydrogen) atoms. The molecule has 0 saturated carbocycles. The first-order chi connectivity index (χ1) is 15.2. The highest BCUT2D eigenvalue weighted by molar-refractivity contribution is 8.13. The second-order valence-corrected chi connectivity index (χ2v) is 8.73. The van der Waals surface area contributed by atoms with E-state index < -0.39 is 12.1 Å². The molecule has 0 bridgehead atoms. The van der Waals surface area contributed by atoms with Gasteiger partial charge in [0.15, 0.2) is 0 Å². The van der Waals surface area contributed by atoms with Gasteiger partial charge < -0.3 is 10.1 Å². The van der Waals surface area contributed by atoms with E-state index in [0.29, 0.717) is 12.2 Å². The maximum atomic E-state index is 12.6. The number of amides is 1. The third kappa shape index (κ3) is 4.83. The quantitative estimate of drug-likeness (QED) is 0.543. The zero-order valence-electron chi connectivity index (χ0n) is 17.4. The Bertz CT molecular complexity index is 1020. The van der Waals surface area contributed by atoms with E-state index >= 15 is 0 Å². The number of benzene rings is 3.